The molecular formula is C22H25N3O4. The van der Waals surface area contributed by atoms with Gasteiger partial charge in [-0.3, -0.25) is 24.1 Å². The second kappa shape index (κ2) is 8.86. The largest absolute Gasteiger partial charge is 0.347 e. The van der Waals surface area contributed by atoms with Gasteiger partial charge in [0.25, 0.3) is 11.8 Å². The lowest BCUT2D eigenvalue weighted by molar-refractivity contribution is -0.132. The molecule has 1 N–H and O–H groups in total. The second-order valence-electron chi connectivity index (χ2n) is 6.92. The zero-order chi connectivity index (χ0) is 21.0. The number of nitrogens with one attached hydrogen (secondary N) is 1. The smallest absolute Gasteiger partial charge is 0.261 e. The molecule has 1 aliphatic rings. The first-order valence-corrected chi connectivity index (χ1v) is 9.90. The lowest BCUT2D eigenvalue weighted by Crippen LogP contribution is -2.42. The van der Waals surface area contributed by atoms with Gasteiger partial charge in [-0.15, -0.1) is 0 Å². The van der Waals surface area contributed by atoms with Gasteiger partial charge < -0.3 is 10.2 Å². The highest BCUT2D eigenvalue weighted by Crippen LogP contribution is 2.29. The Morgan fingerprint density at radius 3 is 2.10 bits per heavy atom. The van der Waals surface area contributed by atoms with Crippen LogP contribution in [0.15, 0.2) is 36.4 Å². The predicted octanol–water partition coefficient (Wildman–Crippen LogP) is 2.20. The van der Waals surface area contributed by atoms with Gasteiger partial charge in [0.2, 0.25) is 11.8 Å². The Balaban J connectivity index is 1.58. The van der Waals surface area contributed by atoms with Gasteiger partial charge >= 0.3 is 0 Å². The number of imide groups is 1. The van der Waals surface area contributed by atoms with Crippen LogP contribution in [0.25, 0.3) is 10.8 Å². The molecule has 0 aliphatic carbocycles. The molecule has 0 unspecified atom stereocenters. The van der Waals surface area contributed by atoms with E-state index in [9.17, 15) is 19.2 Å². The van der Waals surface area contributed by atoms with Crippen LogP contribution in [0.2, 0.25) is 0 Å². The van der Waals surface area contributed by atoms with Crippen LogP contribution in [0, 0.1) is 0 Å². The Kier molecular flexibility index (Phi) is 6.26. The van der Waals surface area contributed by atoms with Crippen molar-refractivity contribution in [2.24, 2.45) is 0 Å². The third kappa shape index (κ3) is 4.13. The van der Waals surface area contributed by atoms with Crippen LogP contribution in [-0.2, 0) is 9.59 Å². The van der Waals surface area contributed by atoms with Gasteiger partial charge in [-0.25, -0.2) is 0 Å². The minimum Gasteiger partial charge on any atom is -0.347 e. The van der Waals surface area contributed by atoms with Crippen LogP contribution in [-0.4, -0.2) is 59.6 Å². The number of nitrogens with zero attached hydrogens (tertiary/aromatic N) is 2. The molecule has 29 heavy (non-hydrogen) atoms. The zero-order valence-electron chi connectivity index (χ0n) is 16.7. The fourth-order valence-corrected chi connectivity index (χ4v) is 3.63. The Morgan fingerprint density at radius 1 is 0.966 bits per heavy atom. The highest BCUT2D eigenvalue weighted by molar-refractivity contribution is 6.25. The maximum Gasteiger partial charge on any atom is 0.261 e. The summed E-state index contributed by atoms with van der Waals surface area (Å²) in [6.45, 7) is 5.07. The van der Waals surface area contributed by atoms with Crippen molar-refractivity contribution in [3.8, 4) is 0 Å². The van der Waals surface area contributed by atoms with Crippen molar-refractivity contribution < 1.29 is 19.2 Å². The van der Waals surface area contributed by atoms with Crippen molar-refractivity contribution in [3.05, 3.63) is 47.5 Å². The fourth-order valence-electron chi connectivity index (χ4n) is 3.63. The summed E-state index contributed by atoms with van der Waals surface area (Å²) in [5, 5.41) is 4.15. The molecule has 3 rings (SSSR count). The van der Waals surface area contributed by atoms with Crippen LogP contribution in [0.3, 0.4) is 0 Å². The van der Waals surface area contributed by atoms with Gasteiger partial charge in [0, 0.05) is 42.6 Å². The number of rotatable bonds is 8. The van der Waals surface area contributed by atoms with E-state index in [1.807, 2.05) is 26.0 Å². The van der Waals surface area contributed by atoms with E-state index in [0.717, 1.165) is 5.39 Å². The van der Waals surface area contributed by atoms with Crippen LogP contribution >= 0.6 is 0 Å². The summed E-state index contributed by atoms with van der Waals surface area (Å²) in [5.74, 6) is -1.08. The topological polar surface area (TPSA) is 86.8 Å². The molecule has 0 spiro atoms. The number of likely N-dealkylation sites (N-methyl/N-ethyl adjacent to an activating group) is 1. The van der Waals surface area contributed by atoms with Crippen LogP contribution in [0.5, 0.6) is 0 Å². The molecule has 7 heteroatoms. The Morgan fingerprint density at radius 2 is 1.55 bits per heavy atom. The van der Waals surface area contributed by atoms with Crippen molar-refractivity contribution in [2.75, 3.05) is 26.2 Å². The lowest BCUT2D eigenvalue weighted by Gasteiger charge is -2.27. The first-order chi connectivity index (χ1) is 14.0. The lowest BCUT2D eigenvalue weighted by atomic mass is 9.94. The summed E-state index contributed by atoms with van der Waals surface area (Å²) in [7, 11) is 0. The third-order valence-corrected chi connectivity index (χ3v) is 5.19. The minimum atomic E-state index is -0.337. The molecule has 7 nitrogen and oxygen atoms in total. The molecule has 0 aromatic heterocycles. The molecule has 0 saturated heterocycles. The van der Waals surface area contributed by atoms with Gasteiger partial charge in [0.1, 0.15) is 0 Å². The zero-order valence-corrected chi connectivity index (χ0v) is 16.7. The molecule has 0 fully saturated rings. The number of hydrogen-bond donors (Lipinski definition) is 1. The summed E-state index contributed by atoms with van der Waals surface area (Å²) in [4.78, 5) is 52.4. The van der Waals surface area contributed by atoms with Gasteiger partial charge in [0.05, 0.1) is 6.54 Å². The number of hydrogen-bond acceptors (Lipinski definition) is 4. The van der Waals surface area contributed by atoms with E-state index in [4.69, 9.17) is 0 Å². The van der Waals surface area contributed by atoms with E-state index >= 15 is 0 Å². The minimum absolute atomic E-state index is 0.0442. The average molecular weight is 395 g/mol. The quantitative estimate of drug-likeness (QED) is 0.694. The van der Waals surface area contributed by atoms with Crippen molar-refractivity contribution in [3.63, 3.8) is 0 Å². The monoisotopic (exact) mass is 395 g/mol. The highest BCUT2D eigenvalue weighted by atomic mass is 16.2. The summed E-state index contributed by atoms with van der Waals surface area (Å²) >= 11 is 0. The van der Waals surface area contributed by atoms with Crippen molar-refractivity contribution in [1.29, 1.82) is 0 Å². The summed E-state index contributed by atoms with van der Waals surface area (Å²) < 4.78 is 0. The van der Waals surface area contributed by atoms with Crippen molar-refractivity contribution >= 4 is 34.4 Å². The van der Waals surface area contributed by atoms with E-state index in [-0.39, 0.29) is 43.1 Å². The Labute approximate surface area is 169 Å². The van der Waals surface area contributed by atoms with E-state index in [0.29, 0.717) is 36.0 Å². The second-order valence-corrected chi connectivity index (χ2v) is 6.92. The van der Waals surface area contributed by atoms with E-state index in [1.165, 1.54) is 4.90 Å². The number of amides is 4. The van der Waals surface area contributed by atoms with E-state index in [2.05, 4.69) is 5.32 Å². The van der Waals surface area contributed by atoms with Crippen LogP contribution in [0.4, 0.5) is 0 Å². The number of carbonyl (C=O) groups is 4. The molecule has 2 aromatic carbocycles. The Hall–Kier alpha value is -3.22. The fraction of sp³-hybridized carbons (Fsp3) is 0.364. The Bertz CT molecular complexity index is 915. The maximum absolute atomic E-state index is 12.8. The van der Waals surface area contributed by atoms with Gasteiger partial charge in [-0.05, 0) is 37.8 Å². The SMILES string of the molecule is CCN(CC)C(=O)CNC(=O)CCCN1C(=O)c2cccc3cccc(c23)C1=O. The normalized spacial score (nSPS) is 13.0. The third-order valence-electron chi connectivity index (χ3n) is 5.19. The molecule has 0 atom stereocenters. The molecule has 0 saturated carbocycles. The predicted molar refractivity (Wildman–Crippen MR) is 109 cm³/mol. The first kappa shape index (κ1) is 20.5. The molecular weight excluding hydrogens is 370 g/mol. The highest BCUT2D eigenvalue weighted by Gasteiger charge is 2.32. The van der Waals surface area contributed by atoms with Crippen LogP contribution < -0.4 is 5.32 Å². The molecule has 1 heterocycles. The summed E-state index contributed by atoms with van der Waals surface area (Å²) in [5.41, 5.74) is 1.01. The average Bonchev–Trinajstić information content (AvgIpc) is 2.73. The van der Waals surface area contributed by atoms with Gasteiger partial charge in [-0.1, -0.05) is 24.3 Å². The maximum atomic E-state index is 12.8. The van der Waals surface area contributed by atoms with E-state index in [1.54, 1.807) is 29.2 Å². The van der Waals surface area contributed by atoms with Crippen molar-refractivity contribution in [2.45, 2.75) is 26.7 Å². The van der Waals surface area contributed by atoms with Crippen molar-refractivity contribution in [1.82, 2.24) is 15.1 Å². The van der Waals surface area contributed by atoms with E-state index < -0.39 is 0 Å². The van der Waals surface area contributed by atoms with Gasteiger partial charge in [0.15, 0.2) is 0 Å². The summed E-state index contributed by atoms with van der Waals surface area (Å²) in [6.07, 6.45) is 0.468. The molecule has 0 bridgehead atoms. The molecule has 4 amide bonds. The van der Waals surface area contributed by atoms with Crippen LogP contribution in [0.1, 0.15) is 47.4 Å². The molecule has 0 radical (unpaired) electrons. The molecule has 1 aliphatic heterocycles. The first-order valence-electron chi connectivity index (χ1n) is 9.90. The van der Waals surface area contributed by atoms with Gasteiger partial charge in [-0.2, -0.15) is 0 Å². The standard InChI is InChI=1S/C22H25N3O4/c1-3-24(4-2)19(27)14-23-18(26)12-7-13-25-21(28)16-10-5-8-15-9-6-11-17(20(15)16)22(25)29/h5-6,8-11H,3-4,7,12-14H2,1-2H3,(H,23,26). The summed E-state index contributed by atoms with van der Waals surface area (Å²) in [6, 6.07) is 10.8. The molecule has 2 aromatic rings. The molecule has 152 valence electrons. The number of benzene rings is 2. The number of carbonyl (C=O) groups excluding carboxylic acids is 4.